The number of benzene rings is 2. The predicted octanol–water partition coefficient (Wildman–Crippen LogP) is 2.70. The number of carbonyl (C=O) groups excluding carboxylic acids is 2. The Morgan fingerprint density at radius 1 is 0.917 bits per heavy atom. The molecule has 126 valence electrons. The minimum absolute atomic E-state index is 0.0757. The molecule has 0 saturated heterocycles. The smallest absolute Gasteiger partial charge is 0.244 e. The van der Waals surface area contributed by atoms with Crippen LogP contribution in [0.1, 0.15) is 6.92 Å². The summed E-state index contributed by atoms with van der Waals surface area (Å²) in [6.45, 7) is 1.35. The van der Waals surface area contributed by atoms with Gasteiger partial charge in [0.25, 0.3) is 0 Å². The number of methoxy groups -OCH3 is 2. The minimum Gasteiger partial charge on any atom is -0.497 e. The molecule has 0 spiro atoms. The Morgan fingerprint density at radius 2 is 1.42 bits per heavy atom. The van der Waals surface area contributed by atoms with Crippen LogP contribution in [0.3, 0.4) is 0 Å². The van der Waals surface area contributed by atoms with Crippen molar-refractivity contribution in [3.8, 4) is 11.5 Å². The summed E-state index contributed by atoms with van der Waals surface area (Å²) in [5.74, 6) is 0.887. The highest BCUT2D eigenvalue weighted by molar-refractivity contribution is 6.01. The van der Waals surface area contributed by atoms with E-state index in [1.165, 1.54) is 11.8 Å². The summed E-state index contributed by atoms with van der Waals surface area (Å²) in [6.07, 6.45) is 0. The summed E-state index contributed by atoms with van der Waals surface area (Å²) in [5, 5.41) is 2.76. The third kappa shape index (κ3) is 4.49. The monoisotopic (exact) mass is 328 g/mol. The Balaban J connectivity index is 2.05. The molecule has 0 radical (unpaired) electrons. The van der Waals surface area contributed by atoms with Crippen molar-refractivity contribution in [2.24, 2.45) is 0 Å². The third-order valence-electron chi connectivity index (χ3n) is 3.44. The summed E-state index contributed by atoms with van der Waals surface area (Å²) < 4.78 is 10.2. The Bertz CT molecular complexity index is 696. The number of amides is 2. The van der Waals surface area contributed by atoms with Crippen LogP contribution in [0.5, 0.6) is 11.5 Å². The van der Waals surface area contributed by atoms with Crippen LogP contribution in [-0.2, 0) is 9.59 Å². The SMILES string of the molecule is COc1ccc(NC(=O)CN(C(C)=O)c2ccc(OC)cc2)cc1. The summed E-state index contributed by atoms with van der Waals surface area (Å²) in [6, 6.07) is 13.9. The number of hydrogen-bond donors (Lipinski definition) is 1. The lowest BCUT2D eigenvalue weighted by molar-refractivity contribution is -0.120. The lowest BCUT2D eigenvalue weighted by atomic mass is 10.2. The highest BCUT2D eigenvalue weighted by Crippen LogP contribution is 2.20. The van der Waals surface area contributed by atoms with Crippen LogP contribution in [0.4, 0.5) is 11.4 Å². The first-order valence-electron chi connectivity index (χ1n) is 7.39. The molecule has 0 atom stereocenters. The van der Waals surface area contributed by atoms with Gasteiger partial charge in [-0.15, -0.1) is 0 Å². The zero-order valence-electron chi connectivity index (χ0n) is 13.9. The van der Waals surface area contributed by atoms with Crippen molar-refractivity contribution in [3.05, 3.63) is 48.5 Å². The van der Waals surface area contributed by atoms with Gasteiger partial charge in [0.15, 0.2) is 0 Å². The molecule has 0 aliphatic rings. The maximum absolute atomic E-state index is 12.2. The van der Waals surface area contributed by atoms with E-state index in [0.717, 1.165) is 0 Å². The van der Waals surface area contributed by atoms with Crippen molar-refractivity contribution < 1.29 is 19.1 Å². The standard InChI is InChI=1S/C18H20N2O4/c1-13(21)20(15-6-10-17(24-3)11-7-15)12-18(22)19-14-4-8-16(23-2)9-5-14/h4-11H,12H2,1-3H3,(H,19,22). The quantitative estimate of drug-likeness (QED) is 0.885. The number of hydrogen-bond acceptors (Lipinski definition) is 4. The van der Waals surface area contributed by atoms with E-state index in [4.69, 9.17) is 9.47 Å². The fourth-order valence-corrected chi connectivity index (χ4v) is 2.17. The van der Waals surface area contributed by atoms with Gasteiger partial charge in [-0.1, -0.05) is 0 Å². The van der Waals surface area contributed by atoms with E-state index < -0.39 is 0 Å². The predicted molar refractivity (Wildman–Crippen MR) is 92.6 cm³/mol. The number of nitrogens with one attached hydrogen (secondary N) is 1. The van der Waals surface area contributed by atoms with E-state index in [1.54, 1.807) is 62.8 Å². The first-order valence-corrected chi connectivity index (χ1v) is 7.39. The number of carbonyl (C=O) groups is 2. The second-order valence-corrected chi connectivity index (χ2v) is 5.08. The molecule has 24 heavy (non-hydrogen) atoms. The summed E-state index contributed by atoms with van der Waals surface area (Å²) in [7, 11) is 3.15. The van der Waals surface area contributed by atoms with Gasteiger partial charge in [-0.25, -0.2) is 0 Å². The number of ether oxygens (including phenoxy) is 2. The van der Waals surface area contributed by atoms with Crippen molar-refractivity contribution in [2.45, 2.75) is 6.92 Å². The molecule has 0 saturated carbocycles. The highest BCUT2D eigenvalue weighted by atomic mass is 16.5. The lowest BCUT2D eigenvalue weighted by Gasteiger charge is -2.21. The number of anilines is 2. The molecule has 6 heteroatoms. The Morgan fingerprint density at radius 3 is 1.88 bits per heavy atom. The normalized spacial score (nSPS) is 9.96. The van der Waals surface area contributed by atoms with Gasteiger partial charge >= 0.3 is 0 Å². The molecule has 2 amide bonds. The average molecular weight is 328 g/mol. The molecule has 2 aromatic rings. The van der Waals surface area contributed by atoms with Crippen molar-refractivity contribution in [3.63, 3.8) is 0 Å². The second kappa shape index (κ2) is 8.01. The first-order chi connectivity index (χ1) is 11.5. The van der Waals surface area contributed by atoms with Crippen LogP contribution in [0.25, 0.3) is 0 Å². The Kier molecular flexibility index (Phi) is 5.78. The van der Waals surface area contributed by atoms with Crippen molar-refractivity contribution in [2.75, 3.05) is 31.0 Å². The zero-order valence-corrected chi connectivity index (χ0v) is 13.9. The largest absolute Gasteiger partial charge is 0.497 e. The van der Waals surface area contributed by atoms with Crippen LogP contribution in [0, 0.1) is 0 Å². The molecule has 1 N–H and O–H groups in total. The lowest BCUT2D eigenvalue weighted by Crippen LogP contribution is -2.36. The van der Waals surface area contributed by atoms with Crippen molar-refractivity contribution in [1.29, 1.82) is 0 Å². The molecule has 6 nitrogen and oxygen atoms in total. The van der Waals surface area contributed by atoms with Crippen LogP contribution >= 0.6 is 0 Å². The molecule has 0 unspecified atom stereocenters. The second-order valence-electron chi connectivity index (χ2n) is 5.08. The molecule has 2 rings (SSSR count). The van der Waals surface area contributed by atoms with E-state index in [1.807, 2.05) is 0 Å². The molecule has 0 bridgehead atoms. The zero-order chi connectivity index (χ0) is 17.5. The molecular weight excluding hydrogens is 308 g/mol. The highest BCUT2D eigenvalue weighted by Gasteiger charge is 2.16. The number of rotatable bonds is 6. The van der Waals surface area contributed by atoms with E-state index in [-0.39, 0.29) is 18.4 Å². The fraction of sp³-hybridized carbons (Fsp3) is 0.222. The van der Waals surface area contributed by atoms with E-state index >= 15 is 0 Å². The Labute approximate surface area is 141 Å². The van der Waals surface area contributed by atoms with Gasteiger partial charge in [0, 0.05) is 18.3 Å². The van der Waals surface area contributed by atoms with Gasteiger partial charge < -0.3 is 19.7 Å². The molecular formula is C18H20N2O4. The maximum atomic E-state index is 12.2. The first kappa shape index (κ1) is 17.3. The summed E-state index contributed by atoms with van der Waals surface area (Å²) in [5.41, 5.74) is 1.27. The summed E-state index contributed by atoms with van der Waals surface area (Å²) in [4.78, 5) is 25.5. The molecule has 0 fully saturated rings. The van der Waals surface area contributed by atoms with Crippen LogP contribution < -0.4 is 19.7 Å². The third-order valence-corrected chi connectivity index (χ3v) is 3.44. The van der Waals surface area contributed by atoms with Gasteiger partial charge in [-0.2, -0.15) is 0 Å². The average Bonchev–Trinajstić information content (AvgIpc) is 2.60. The maximum Gasteiger partial charge on any atom is 0.244 e. The van der Waals surface area contributed by atoms with Gasteiger partial charge in [-0.05, 0) is 48.5 Å². The van der Waals surface area contributed by atoms with Gasteiger partial charge in [0.05, 0.1) is 14.2 Å². The van der Waals surface area contributed by atoms with Gasteiger partial charge in [0.2, 0.25) is 11.8 Å². The van der Waals surface area contributed by atoms with Crippen LogP contribution in [-0.4, -0.2) is 32.6 Å². The molecule has 0 aliphatic carbocycles. The van der Waals surface area contributed by atoms with Crippen LogP contribution in [0.2, 0.25) is 0 Å². The molecule has 0 heterocycles. The molecule has 0 aliphatic heterocycles. The molecule has 2 aromatic carbocycles. The molecule has 0 aromatic heterocycles. The topological polar surface area (TPSA) is 67.9 Å². The van der Waals surface area contributed by atoms with Crippen molar-refractivity contribution in [1.82, 2.24) is 0 Å². The number of nitrogens with zero attached hydrogens (tertiary/aromatic N) is 1. The van der Waals surface area contributed by atoms with Gasteiger partial charge in [-0.3, -0.25) is 9.59 Å². The van der Waals surface area contributed by atoms with E-state index in [2.05, 4.69) is 5.32 Å². The van der Waals surface area contributed by atoms with Gasteiger partial charge in [0.1, 0.15) is 18.0 Å². The fourth-order valence-electron chi connectivity index (χ4n) is 2.17. The summed E-state index contributed by atoms with van der Waals surface area (Å²) >= 11 is 0. The van der Waals surface area contributed by atoms with Crippen molar-refractivity contribution >= 4 is 23.2 Å². The Hall–Kier alpha value is -3.02. The van der Waals surface area contributed by atoms with E-state index in [0.29, 0.717) is 22.9 Å². The van der Waals surface area contributed by atoms with E-state index in [9.17, 15) is 9.59 Å². The minimum atomic E-state index is -0.286. The van der Waals surface area contributed by atoms with Crippen LogP contribution in [0.15, 0.2) is 48.5 Å².